The summed E-state index contributed by atoms with van der Waals surface area (Å²) in [7, 11) is 0. The maximum atomic E-state index is 9.64. The van der Waals surface area contributed by atoms with Crippen molar-refractivity contribution in [3.63, 3.8) is 0 Å². The monoisotopic (exact) mass is 287 g/mol. The third kappa shape index (κ3) is 3.31. The van der Waals surface area contributed by atoms with Gasteiger partial charge in [-0.05, 0) is 44.9 Å². The smallest absolute Gasteiger partial charge is 0.257 e. The van der Waals surface area contributed by atoms with E-state index in [1.165, 1.54) is 5.56 Å². The highest BCUT2D eigenvalue weighted by atomic mass is 16.5. The summed E-state index contributed by atoms with van der Waals surface area (Å²) in [6.07, 6.45) is 0.781. The van der Waals surface area contributed by atoms with Crippen LogP contribution in [0, 0.1) is 12.8 Å². The van der Waals surface area contributed by atoms with Crippen molar-refractivity contribution in [1.82, 2.24) is 15.0 Å². The van der Waals surface area contributed by atoms with E-state index in [0.717, 1.165) is 25.1 Å². The van der Waals surface area contributed by atoms with E-state index in [9.17, 15) is 5.11 Å². The van der Waals surface area contributed by atoms with Crippen LogP contribution in [-0.2, 0) is 6.54 Å². The molecule has 0 aliphatic carbocycles. The Morgan fingerprint density at radius 3 is 3.05 bits per heavy atom. The van der Waals surface area contributed by atoms with Gasteiger partial charge in [-0.1, -0.05) is 22.9 Å². The number of aliphatic hydroxyl groups is 1. The van der Waals surface area contributed by atoms with Gasteiger partial charge in [-0.3, -0.25) is 4.90 Å². The van der Waals surface area contributed by atoms with E-state index < -0.39 is 0 Å². The quantitative estimate of drug-likeness (QED) is 0.934. The predicted molar refractivity (Wildman–Crippen MR) is 79.5 cm³/mol. The molecule has 0 radical (unpaired) electrons. The van der Waals surface area contributed by atoms with Crippen LogP contribution in [0.2, 0.25) is 0 Å². The van der Waals surface area contributed by atoms with Crippen LogP contribution in [0.4, 0.5) is 0 Å². The van der Waals surface area contributed by atoms with Crippen LogP contribution < -0.4 is 0 Å². The van der Waals surface area contributed by atoms with Crippen LogP contribution in [0.25, 0.3) is 11.5 Å². The summed E-state index contributed by atoms with van der Waals surface area (Å²) in [5.41, 5.74) is 2.13. The normalized spacial score (nSPS) is 20.8. The standard InChI is InChI=1S/C16H21N3O2/c1-11-4-3-5-13(8-11)16-17-15(18-21-16)10-19-7-6-14(9-19)12(2)20/h3-5,8,12,14,20H,6-7,9-10H2,1-2H3. The van der Waals surface area contributed by atoms with Crippen LogP contribution in [0.15, 0.2) is 28.8 Å². The van der Waals surface area contributed by atoms with E-state index in [2.05, 4.69) is 15.0 Å². The van der Waals surface area contributed by atoms with Crippen LogP contribution in [0.5, 0.6) is 0 Å². The Bertz CT molecular complexity index is 609. The number of rotatable bonds is 4. The second-order valence-electron chi connectivity index (χ2n) is 5.91. The summed E-state index contributed by atoms with van der Waals surface area (Å²) in [6.45, 7) is 6.45. The van der Waals surface area contributed by atoms with E-state index in [4.69, 9.17) is 4.52 Å². The summed E-state index contributed by atoms with van der Waals surface area (Å²) in [6, 6.07) is 8.05. The molecule has 21 heavy (non-hydrogen) atoms. The van der Waals surface area contributed by atoms with Crippen molar-refractivity contribution in [3.05, 3.63) is 35.7 Å². The fourth-order valence-corrected chi connectivity index (χ4v) is 2.81. The molecule has 5 heteroatoms. The van der Waals surface area contributed by atoms with Crippen LogP contribution in [0.3, 0.4) is 0 Å². The van der Waals surface area contributed by atoms with Gasteiger partial charge in [0.15, 0.2) is 5.82 Å². The molecule has 1 aliphatic heterocycles. The average Bonchev–Trinajstić information content (AvgIpc) is 3.08. The molecular formula is C16H21N3O2. The highest BCUT2D eigenvalue weighted by Gasteiger charge is 2.26. The lowest BCUT2D eigenvalue weighted by atomic mass is 10.0. The van der Waals surface area contributed by atoms with Crippen molar-refractivity contribution in [2.45, 2.75) is 32.9 Å². The lowest BCUT2D eigenvalue weighted by molar-refractivity contribution is 0.127. The van der Waals surface area contributed by atoms with Gasteiger partial charge < -0.3 is 9.63 Å². The van der Waals surface area contributed by atoms with Crippen molar-refractivity contribution in [2.75, 3.05) is 13.1 Å². The van der Waals surface area contributed by atoms with Crippen molar-refractivity contribution in [3.8, 4) is 11.5 Å². The Morgan fingerprint density at radius 2 is 2.33 bits per heavy atom. The molecule has 1 saturated heterocycles. The molecule has 2 unspecified atom stereocenters. The van der Waals surface area contributed by atoms with Gasteiger partial charge in [0, 0.05) is 12.1 Å². The first-order chi connectivity index (χ1) is 10.1. The Morgan fingerprint density at radius 1 is 1.48 bits per heavy atom. The van der Waals surface area contributed by atoms with Gasteiger partial charge >= 0.3 is 0 Å². The van der Waals surface area contributed by atoms with Crippen LogP contribution >= 0.6 is 0 Å². The molecule has 5 nitrogen and oxygen atoms in total. The molecule has 1 aliphatic rings. The first kappa shape index (κ1) is 14.2. The van der Waals surface area contributed by atoms with E-state index >= 15 is 0 Å². The number of aromatic nitrogens is 2. The summed E-state index contributed by atoms with van der Waals surface area (Å²) in [5, 5.41) is 13.7. The second-order valence-corrected chi connectivity index (χ2v) is 5.91. The van der Waals surface area contributed by atoms with Crippen molar-refractivity contribution >= 4 is 0 Å². The van der Waals surface area contributed by atoms with Gasteiger partial charge in [-0.15, -0.1) is 0 Å². The highest BCUT2D eigenvalue weighted by Crippen LogP contribution is 2.22. The molecule has 1 aromatic heterocycles. The summed E-state index contributed by atoms with van der Waals surface area (Å²) >= 11 is 0. The number of nitrogens with zero attached hydrogens (tertiary/aromatic N) is 3. The zero-order valence-electron chi connectivity index (χ0n) is 12.5. The zero-order valence-corrected chi connectivity index (χ0v) is 12.5. The van der Waals surface area contributed by atoms with E-state index in [0.29, 0.717) is 24.2 Å². The Balaban J connectivity index is 1.66. The number of hydrogen-bond acceptors (Lipinski definition) is 5. The number of likely N-dealkylation sites (tertiary alicyclic amines) is 1. The largest absolute Gasteiger partial charge is 0.393 e. The van der Waals surface area contributed by atoms with E-state index in [1.54, 1.807) is 0 Å². The molecule has 2 heterocycles. The molecule has 1 N–H and O–H groups in total. The fraction of sp³-hybridized carbons (Fsp3) is 0.500. The van der Waals surface area contributed by atoms with Crippen LogP contribution in [0.1, 0.15) is 24.7 Å². The van der Waals surface area contributed by atoms with Crippen molar-refractivity contribution in [1.29, 1.82) is 0 Å². The number of hydrogen-bond donors (Lipinski definition) is 1. The van der Waals surface area contributed by atoms with Gasteiger partial charge in [0.25, 0.3) is 5.89 Å². The highest BCUT2D eigenvalue weighted by molar-refractivity contribution is 5.53. The first-order valence-electron chi connectivity index (χ1n) is 7.42. The average molecular weight is 287 g/mol. The predicted octanol–water partition coefficient (Wildman–Crippen LogP) is 2.25. The third-order valence-corrected chi connectivity index (χ3v) is 4.09. The lowest BCUT2D eigenvalue weighted by Gasteiger charge is -2.15. The number of aliphatic hydroxyl groups excluding tert-OH is 1. The summed E-state index contributed by atoms with van der Waals surface area (Å²) in [4.78, 5) is 6.74. The molecule has 0 amide bonds. The summed E-state index contributed by atoms with van der Waals surface area (Å²) < 4.78 is 5.35. The topological polar surface area (TPSA) is 62.4 Å². The summed E-state index contributed by atoms with van der Waals surface area (Å²) in [5.74, 6) is 1.63. The minimum atomic E-state index is -0.247. The number of benzene rings is 1. The van der Waals surface area contributed by atoms with Gasteiger partial charge in [0.1, 0.15) is 0 Å². The minimum Gasteiger partial charge on any atom is -0.393 e. The molecule has 3 rings (SSSR count). The Labute approximate surface area is 124 Å². The molecule has 1 fully saturated rings. The second kappa shape index (κ2) is 5.95. The van der Waals surface area contributed by atoms with Crippen LogP contribution in [-0.4, -0.2) is 39.3 Å². The number of aryl methyl sites for hydroxylation is 1. The molecule has 112 valence electrons. The zero-order chi connectivity index (χ0) is 14.8. The molecule has 2 atom stereocenters. The molecule has 0 bridgehead atoms. The van der Waals surface area contributed by atoms with E-state index in [-0.39, 0.29) is 6.10 Å². The Kier molecular flexibility index (Phi) is 4.03. The SMILES string of the molecule is Cc1cccc(-c2nc(CN3CCC(C(C)O)C3)no2)c1. The molecule has 0 spiro atoms. The van der Waals surface area contributed by atoms with Crippen molar-refractivity contribution < 1.29 is 9.63 Å². The first-order valence-corrected chi connectivity index (χ1v) is 7.42. The third-order valence-electron chi connectivity index (χ3n) is 4.09. The molecule has 2 aromatic rings. The molecular weight excluding hydrogens is 266 g/mol. The lowest BCUT2D eigenvalue weighted by Crippen LogP contribution is -2.24. The van der Waals surface area contributed by atoms with Gasteiger partial charge in [0.05, 0.1) is 12.6 Å². The van der Waals surface area contributed by atoms with Crippen molar-refractivity contribution in [2.24, 2.45) is 5.92 Å². The molecule has 1 aromatic carbocycles. The molecule has 0 saturated carbocycles. The maximum absolute atomic E-state index is 9.64. The van der Waals surface area contributed by atoms with E-state index in [1.807, 2.05) is 38.1 Å². The van der Waals surface area contributed by atoms with Gasteiger partial charge in [-0.25, -0.2) is 0 Å². The van der Waals surface area contributed by atoms with Gasteiger partial charge in [0.2, 0.25) is 0 Å². The Hall–Kier alpha value is -1.72. The minimum absolute atomic E-state index is 0.247. The maximum Gasteiger partial charge on any atom is 0.257 e. The van der Waals surface area contributed by atoms with Gasteiger partial charge in [-0.2, -0.15) is 4.98 Å². The fourth-order valence-electron chi connectivity index (χ4n) is 2.81.